The van der Waals surface area contributed by atoms with Crippen LogP contribution in [0.4, 0.5) is 10.6 Å². The van der Waals surface area contributed by atoms with Crippen molar-refractivity contribution in [3.63, 3.8) is 0 Å². The predicted molar refractivity (Wildman–Crippen MR) is 261 cm³/mol. The van der Waals surface area contributed by atoms with Crippen LogP contribution in [0.3, 0.4) is 0 Å². The molecule has 11 rings (SSSR count). The van der Waals surface area contributed by atoms with E-state index < -0.39 is 6.04 Å². The fourth-order valence-electron chi connectivity index (χ4n) is 12.0. The van der Waals surface area contributed by atoms with Gasteiger partial charge in [0, 0.05) is 69.4 Å². The van der Waals surface area contributed by atoms with Gasteiger partial charge >= 0.3 is 6.03 Å². The predicted octanol–water partition coefficient (Wildman–Crippen LogP) is 6.83. The van der Waals surface area contributed by atoms with Crippen LogP contribution in [-0.2, 0) is 16.1 Å². The van der Waals surface area contributed by atoms with Gasteiger partial charge in [0.05, 0.1) is 11.4 Å². The Morgan fingerprint density at radius 1 is 0.739 bits per heavy atom. The van der Waals surface area contributed by atoms with Gasteiger partial charge in [0.1, 0.15) is 35.4 Å². The van der Waals surface area contributed by atoms with Crippen LogP contribution in [-0.4, -0.2) is 139 Å². The molecular formula is C53H63N11O5. The van der Waals surface area contributed by atoms with Gasteiger partial charge in [-0.3, -0.25) is 19.7 Å². The highest BCUT2D eigenvalue weighted by molar-refractivity contribution is 6.05. The Labute approximate surface area is 403 Å². The van der Waals surface area contributed by atoms with Crippen LogP contribution in [0.15, 0.2) is 79.1 Å². The average Bonchev–Trinajstić information content (AvgIpc) is 3.94. The van der Waals surface area contributed by atoms with Crippen molar-refractivity contribution in [3.05, 3.63) is 95.8 Å². The molecule has 360 valence electrons. The van der Waals surface area contributed by atoms with Crippen LogP contribution >= 0.6 is 0 Å². The number of hydrogen-bond donors (Lipinski definition) is 2. The maximum absolute atomic E-state index is 13.8. The number of anilines is 1. The molecule has 5 fully saturated rings. The van der Waals surface area contributed by atoms with E-state index in [0.717, 1.165) is 150 Å². The number of urea groups is 1. The number of para-hydroxylation sites is 1. The summed E-state index contributed by atoms with van der Waals surface area (Å²) in [4.78, 5) is 71.2. The monoisotopic (exact) mass is 934 g/mol. The summed E-state index contributed by atoms with van der Waals surface area (Å²) >= 11 is 0. The molecule has 16 heteroatoms. The first-order valence-corrected chi connectivity index (χ1v) is 25.3. The standard InChI is InChI=1S/C53H63N11O5/c54-49-47-48(37-6-9-43(10-7-37)69-42-4-2-1-3-5-42)58-64(50(47)56-34-55-49)41-21-28-60(29-22-41)40-19-30-62(31-20-40)53(68)61-26-15-35(16-27-61)14-23-59-24-17-36(18-25-59)38-8-11-44-39(32-38)33-63(52(44)67)45-12-13-46(65)57-51(45)66/h1-11,32,34-36,40-41,45H,12-31,33H2,(H2,54,55,56)(H,57,65,66). The van der Waals surface area contributed by atoms with Crippen LogP contribution in [0, 0.1) is 5.92 Å². The zero-order chi connectivity index (χ0) is 47.0. The summed E-state index contributed by atoms with van der Waals surface area (Å²) in [5.74, 6) is 2.30. The maximum atomic E-state index is 13.8. The highest BCUT2D eigenvalue weighted by atomic mass is 16.5. The molecule has 69 heavy (non-hydrogen) atoms. The molecule has 0 radical (unpaired) electrons. The van der Waals surface area contributed by atoms with E-state index in [2.05, 4.69) is 51.7 Å². The zero-order valence-corrected chi connectivity index (χ0v) is 39.4. The van der Waals surface area contributed by atoms with E-state index in [1.54, 1.807) is 4.90 Å². The third-order valence-corrected chi connectivity index (χ3v) is 16.1. The summed E-state index contributed by atoms with van der Waals surface area (Å²) in [6.45, 7) is 8.89. The third-order valence-electron chi connectivity index (χ3n) is 16.1. The quantitative estimate of drug-likeness (QED) is 0.141. The van der Waals surface area contributed by atoms with Crippen molar-refractivity contribution >= 4 is 40.6 Å². The number of benzene rings is 3. The van der Waals surface area contributed by atoms with E-state index in [0.29, 0.717) is 42.2 Å². The van der Waals surface area contributed by atoms with Crippen LogP contribution in [0.5, 0.6) is 11.5 Å². The van der Waals surface area contributed by atoms with Gasteiger partial charge in [-0.15, -0.1) is 0 Å². The number of likely N-dealkylation sites (tertiary alicyclic amines) is 4. The summed E-state index contributed by atoms with van der Waals surface area (Å²) in [6, 6.07) is 24.2. The normalized spacial score (nSPS) is 21.8. The fraction of sp³-hybridized carbons (Fsp3) is 0.491. The Morgan fingerprint density at radius 2 is 1.43 bits per heavy atom. The minimum absolute atomic E-state index is 0.116. The van der Waals surface area contributed by atoms with E-state index in [-0.39, 0.29) is 36.2 Å². The Kier molecular flexibility index (Phi) is 12.8. The molecule has 5 aromatic rings. The highest BCUT2D eigenvalue weighted by Gasteiger charge is 2.40. The molecule has 2 aromatic heterocycles. The Balaban J connectivity index is 0.602. The molecule has 5 amide bonds. The molecule has 6 aliphatic rings. The number of nitrogens with zero attached hydrogens (tertiary/aromatic N) is 9. The highest BCUT2D eigenvalue weighted by Crippen LogP contribution is 2.37. The van der Waals surface area contributed by atoms with E-state index in [1.807, 2.05) is 60.7 Å². The minimum Gasteiger partial charge on any atom is -0.457 e. The number of rotatable bonds is 10. The van der Waals surface area contributed by atoms with E-state index in [4.69, 9.17) is 15.6 Å². The maximum Gasteiger partial charge on any atom is 0.319 e. The number of amides is 5. The number of carbonyl (C=O) groups is 4. The molecule has 0 bridgehead atoms. The third kappa shape index (κ3) is 9.40. The van der Waals surface area contributed by atoms with Crippen molar-refractivity contribution in [3.8, 4) is 22.8 Å². The number of piperidine rings is 5. The lowest BCUT2D eigenvalue weighted by Gasteiger charge is -2.43. The molecular weight excluding hydrogens is 871 g/mol. The second-order valence-electron chi connectivity index (χ2n) is 20.1. The van der Waals surface area contributed by atoms with Crippen LogP contribution in [0.25, 0.3) is 22.3 Å². The van der Waals surface area contributed by atoms with Crippen molar-refractivity contribution in [1.82, 2.24) is 49.6 Å². The van der Waals surface area contributed by atoms with E-state index >= 15 is 0 Å². The average molecular weight is 934 g/mol. The molecule has 3 N–H and O–H groups in total. The van der Waals surface area contributed by atoms with Gasteiger partial charge in [0.2, 0.25) is 11.8 Å². The molecule has 0 aliphatic carbocycles. The van der Waals surface area contributed by atoms with E-state index in [1.165, 1.54) is 18.3 Å². The summed E-state index contributed by atoms with van der Waals surface area (Å²) < 4.78 is 8.11. The number of hydrogen-bond acceptors (Lipinski definition) is 11. The SMILES string of the molecule is Nc1ncnc2c1c(-c1ccc(Oc3ccccc3)cc1)nn2C1CCN(C2CCN(C(=O)N3CCC(CCN4CCC(c5ccc6c(c5)CN(C5CCC(=O)NC5=O)C6=O)CC4)CC3)CC2)CC1. The first-order chi connectivity index (χ1) is 33.7. The molecule has 3 aromatic carbocycles. The van der Waals surface area contributed by atoms with Crippen LogP contribution < -0.4 is 15.8 Å². The molecule has 5 saturated heterocycles. The topological polar surface area (TPSA) is 175 Å². The van der Waals surface area contributed by atoms with Gasteiger partial charge in [-0.25, -0.2) is 19.4 Å². The Hall–Kier alpha value is -6.39. The van der Waals surface area contributed by atoms with Crippen LogP contribution in [0.1, 0.15) is 104 Å². The van der Waals surface area contributed by atoms with Crippen LogP contribution in [0.2, 0.25) is 0 Å². The second kappa shape index (κ2) is 19.5. The van der Waals surface area contributed by atoms with Crippen molar-refractivity contribution in [2.24, 2.45) is 5.92 Å². The summed E-state index contributed by atoms with van der Waals surface area (Å²) in [5.41, 5.74) is 11.9. The number of ether oxygens (including phenoxy) is 1. The van der Waals surface area contributed by atoms with Gasteiger partial charge in [0.15, 0.2) is 5.65 Å². The lowest BCUT2D eigenvalue weighted by Crippen LogP contribution is -2.53. The number of carbonyl (C=O) groups excluding carboxylic acids is 4. The molecule has 0 spiro atoms. The van der Waals surface area contributed by atoms with Crippen molar-refractivity contribution in [1.29, 1.82) is 0 Å². The van der Waals surface area contributed by atoms with Gasteiger partial charge in [-0.2, -0.15) is 5.10 Å². The second-order valence-corrected chi connectivity index (χ2v) is 20.1. The summed E-state index contributed by atoms with van der Waals surface area (Å²) in [6.07, 6.45) is 11.6. The molecule has 1 unspecified atom stereocenters. The minimum atomic E-state index is -0.587. The largest absolute Gasteiger partial charge is 0.457 e. The van der Waals surface area contributed by atoms with E-state index in [9.17, 15) is 19.2 Å². The molecule has 0 saturated carbocycles. The lowest BCUT2D eigenvalue weighted by molar-refractivity contribution is -0.136. The first kappa shape index (κ1) is 45.1. The number of nitrogens with one attached hydrogen (secondary N) is 1. The number of fused-ring (bicyclic) bond motifs is 2. The van der Waals surface area contributed by atoms with Gasteiger partial charge < -0.3 is 35.0 Å². The number of aromatic nitrogens is 4. The van der Waals surface area contributed by atoms with Crippen molar-refractivity contribution < 1.29 is 23.9 Å². The molecule has 16 nitrogen and oxygen atoms in total. The Bertz CT molecular complexity index is 2680. The van der Waals surface area contributed by atoms with Gasteiger partial charge in [-0.05, 0) is 149 Å². The van der Waals surface area contributed by atoms with Gasteiger partial charge in [-0.1, -0.05) is 30.3 Å². The number of nitrogens with two attached hydrogens (primary N) is 1. The number of nitrogen functional groups attached to an aromatic ring is 1. The molecule has 1 atom stereocenters. The van der Waals surface area contributed by atoms with Crippen molar-refractivity contribution in [2.45, 2.75) is 101 Å². The Morgan fingerprint density at radius 3 is 2.16 bits per heavy atom. The summed E-state index contributed by atoms with van der Waals surface area (Å²) in [5, 5.41) is 8.32. The van der Waals surface area contributed by atoms with Crippen molar-refractivity contribution in [2.75, 3.05) is 64.6 Å². The number of imide groups is 1. The molecule has 8 heterocycles. The van der Waals surface area contributed by atoms with Gasteiger partial charge in [0.25, 0.3) is 5.91 Å². The first-order valence-electron chi connectivity index (χ1n) is 25.3. The smallest absolute Gasteiger partial charge is 0.319 e. The summed E-state index contributed by atoms with van der Waals surface area (Å²) in [7, 11) is 0. The fourth-order valence-corrected chi connectivity index (χ4v) is 12.0. The lowest BCUT2D eigenvalue weighted by atomic mass is 9.87. The zero-order valence-electron chi connectivity index (χ0n) is 39.4. The molecule has 6 aliphatic heterocycles.